The van der Waals surface area contributed by atoms with Crippen LogP contribution in [0, 0.1) is 18.8 Å². The summed E-state index contributed by atoms with van der Waals surface area (Å²) in [6.07, 6.45) is 0.363. The fourth-order valence-electron chi connectivity index (χ4n) is 5.01. The maximum atomic E-state index is 13.8. The molecule has 0 bridgehead atoms. The topological polar surface area (TPSA) is 140 Å². The molecule has 1 atom stereocenters. The van der Waals surface area contributed by atoms with Crippen molar-refractivity contribution < 1.29 is 9.90 Å². The third-order valence-electron chi connectivity index (χ3n) is 6.80. The molecule has 38 heavy (non-hydrogen) atoms. The molecule has 1 amide bonds. The summed E-state index contributed by atoms with van der Waals surface area (Å²) in [4.78, 5) is 54.1. The van der Waals surface area contributed by atoms with Gasteiger partial charge in [0.1, 0.15) is 5.82 Å². The van der Waals surface area contributed by atoms with Crippen molar-refractivity contribution >= 4 is 34.1 Å². The molecule has 1 aliphatic heterocycles. The maximum Gasteiger partial charge on any atom is 0.404 e. The van der Waals surface area contributed by atoms with E-state index in [0.717, 1.165) is 27.6 Å². The molecule has 1 aliphatic rings. The Hall–Kier alpha value is -4.66. The lowest BCUT2D eigenvalue weighted by Crippen LogP contribution is -2.48. The summed E-state index contributed by atoms with van der Waals surface area (Å²) < 4.78 is 4.18. The van der Waals surface area contributed by atoms with Crippen LogP contribution in [0.5, 0.6) is 0 Å². The average Bonchev–Trinajstić information content (AvgIpc) is 3.28. The van der Waals surface area contributed by atoms with Gasteiger partial charge in [-0.25, -0.2) is 19.6 Å². The molecule has 0 spiro atoms. The molecule has 4 heterocycles. The Morgan fingerprint density at radius 3 is 2.74 bits per heavy atom. The number of nitrogens with zero attached hydrogens (tertiary/aromatic N) is 7. The zero-order valence-corrected chi connectivity index (χ0v) is 21.4. The molecule has 12 heteroatoms. The Bertz CT molecular complexity index is 1740. The second-order valence-electron chi connectivity index (χ2n) is 9.31. The van der Waals surface area contributed by atoms with E-state index in [1.54, 1.807) is 18.5 Å². The molecule has 12 nitrogen and oxygen atoms in total. The van der Waals surface area contributed by atoms with Crippen LogP contribution in [0.2, 0.25) is 0 Å². The first-order valence-corrected chi connectivity index (χ1v) is 12.3. The van der Waals surface area contributed by atoms with Gasteiger partial charge in [0.05, 0.1) is 18.6 Å². The van der Waals surface area contributed by atoms with Crippen LogP contribution in [-0.4, -0.2) is 59.0 Å². The fraction of sp³-hybridized carbons (Fsp3) is 0.385. The Labute approximate surface area is 217 Å². The number of rotatable bonds is 5. The van der Waals surface area contributed by atoms with Gasteiger partial charge < -0.3 is 15.3 Å². The number of hydrogen-bond donors (Lipinski definition) is 2. The van der Waals surface area contributed by atoms with Crippen molar-refractivity contribution in [3.8, 4) is 11.8 Å². The standard InChI is InChI=1S/C26H28N8O4/c1-4-5-13-33-21-22(30-24(33)32-12-8-9-17(14-32)28-25(36)37)31(3)26(38)34(23(21)35)15-20-27-16(2)18-10-6-7-11-19(18)29-20/h6-7,10-11,17,28H,8-9,12-15H2,1-3H3,(H,36,37). The molecule has 196 valence electrons. The molecular weight excluding hydrogens is 488 g/mol. The van der Waals surface area contributed by atoms with Crippen LogP contribution >= 0.6 is 0 Å². The second-order valence-corrected chi connectivity index (χ2v) is 9.31. The van der Waals surface area contributed by atoms with Crippen molar-refractivity contribution in [3.63, 3.8) is 0 Å². The first-order chi connectivity index (χ1) is 18.3. The minimum atomic E-state index is -1.08. The number of aromatic nitrogens is 6. The van der Waals surface area contributed by atoms with Gasteiger partial charge in [-0.3, -0.25) is 18.5 Å². The van der Waals surface area contributed by atoms with Gasteiger partial charge in [0.2, 0.25) is 5.95 Å². The Morgan fingerprint density at radius 1 is 1.18 bits per heavy atom. The van der Waals surface area contributed by atoms with Gasteiger partial charge in [-0.05, 0) is 32.8 Å². The average molecular weight is 517 g/mol. The first kappa shape index (κ1) is 25.0. The van der Waals surface area contributed by atoms with Gasteiger partial charge in [-0.15, -0.1) is 5.92 Å². The van der Waals surface area contributed by atoms with Crippen LogP contribution in [0.4, 0.5) is 10.7 Å². The Kier molecular flexibility index (Phi) is 6.59. The lowest BCUT2D eigenvalue weighted by Gasteiger charge is -2.33. The normalized spacial score (nSPS) is 15.4. The van der Waals surface area contributed by atoms with Crippen molar-refractivity contribution in [2.45, 2.75) is 45.8 Å². The molecular formula is C26H28N8O4. The summed E-state index contributed by atoms with van der Waals surface area (Å²) in [6, 6.07) is 7.31. The first-order valence-electron chi connectivity index (χ1n) is 12.3. The van der Waals surface area contributed by atoms with Gasteiger partial charge in [0, 0.05) is 37.3 Å². The zero-order chi connectivity index (χ0) is 27.0. The highest BCUT2D eigenvalue weighted by Crippen LogP contribution is 2.23. The van der Waals surface area contributed by atoms with Crippen molar-refractivity contribution in [1.82, 2.24) is 34.0 Å². The van der Waals surface area contributed by atoms with Crippen molar-refractivity contribution in [2.24, 2.45) is 7.05 Å². The summed E-state index contributed by atoms with van der Waals surface area (Å²) in [6.45, 7) is 4.69. The molecule has 2 N–H and O–H groups in total. The van der Waals surface area contributed by atoms with Crippen LogP contribution < -0.4 is 21.5 Å². The van der Waals surface area contributed by atoms with Crippen molar-refractivity contribution in [3.05, 3.63) is 56.6 Å². The minimum absolute atomic E-state index is 0.0958. The zero-order valence-electron chi connectivity index (χ0n) is 21.4. The van der Waals surface area contributed by atoms with Gasteiger partial charge in [0.15, 0.2) is 11.2 Å². The molecule has 1 saturated heterocycles. The molecule has 4 aromatic rings. The summed E-state index contributed by atoms with van der Waals surface area (Å²) in [5, 5.41) is 12.6. The number of hydrogen-bond acceptors (Lipinski definition) is 7. The van der Waals surface area contributed by atoms with E-state index < -0.39 is 17.3 Å². The van der Waals surface area contributed by atoms with E-state index in [0.29, 0.717) is 31.3 Å². The maximum absolute atomic E-state index is 13.8. The quantitative estimate of drug-likeness (QED) is 0.380. The molecule has 5 rings (SSSR count). The highest BCUT2D eigenvalue weighted by Gasteiger charge is 2.28. The van der Waals surface area contributed by atoms with Crippen LogP contribution in [0.1, 0.15) is 31.3 Å². The lowest BCUT2D eigenvalue weighted by molar-refractivity contribution is 0.188. The fourth-order valence-corrected chi connectivity index (χ4v) is 5.01. The smallest absolute Gasteiger partial charge is 0.404 e. The van der Waals surface area contributed by atoms with E-state index in [-0.39, 0.29) is 30.3 Å². The van der Waals surface area contributed by atoms with Gasteiger partial charge >= 0.3 is 11.8 Å². The predicted octanol–water partition coefficient (Wildman–Crippen LogP) is 1.46. The molecule has 1 unspecified atom stereocenters. The number of amides is 1. The number of nitrogens with one attached hydrogen (secondary N) is 1. The largest absolute Gasteiger partial charge is 0.465 e. The molecule has 1 fully saturated rings. The van der Waals surface area contributed by atoms with Crippen LogP contribution in [0.25, 0.3) is 22.1 Å². The summed E-state index contributed by atoms with van der Waals surface area (Å²) in [7, 11) is 1.57. The molecule has 1 aromatic carbocycles. The van der Waals surface area contributed by atoms with Crippen molar-refractivity contribution in [1.29, 1.82) is 0 Å². The Balaban J connectivity index is 1.64. The summed E-state index contributed by atoms with van der Waals surface area (Å²) in [5.74, 6) is 6.69. The molecule has 0 radical (unpaired) electrons. The number of anilines is 1. The van der Waals surface area contributed by atoms with E-state index in [4.69, 9.17) is 4.98 Å². The number of carboxylic acid groups (broad SMARTS) is 1. The highest BCUT2D eigenvalue weighted by molar-refractivity contribution is 5.80. The van der Waals surface area contributed by atoms with E-state index in [2.05, 4.69) is 27.1 Å². The monoisotopic (exact) mass is 516 g/mol. The molecule has 0 aliphatic carbocycles. The predicted molar refractivity (Wildman–Crippen MR) is 142 cm³/mol. The minimum Gasteiger partial charge on any atom is -0.465 e. The highest BCUT2D eigenvalue weighted by atomic mass is 16.4. The number of piperidine rings is 1. The molecule has 0 saturated carbocycles. The van der Waals surface area contributed by atoms with Crippen LogP contribution in [0.3, 0.4) is 0 Å². The number of benzene rings is 1. The third kappa shape index (κ3) is 4.47. The number of imidazole rings is 1. The van der Waals surface area contributed by atoms with E-state index >= 15 is 0 Å². The van der Waals surface area contributed by atoms with Gasteiger partial charge in [-0.2, -0.15) is 4.98 Å². The number of aryl methyl sites for hydroxylation is 2. The van der Waals surface area contributed by atoms with Crippen LogP contribution in [-0.2, 0) is 20.1 Å². The second kappa shape index (κ2) is 10.0. The third-order valence-corrected chi connectivity index (χ3v) is 6.80. The van der Waals surface area contributed by atoms with Gasteiger partial charge in [-0.1, -0.05) is 24.1 Å². The van der Waals surface area contributed by atoms with E-state index in [1.807, 2.05) is 36.1 Å². The molecule has 3 aromatic heterocycles. The number of fused-ring (bicyclic) bond motifs is 2. The lowest BCUT2D eigenvalue weighted by atomic mass is 10.1. The Morgan fingerprint density at radius 2 is 1.97 bits per heavy atom. The summed E-state index contributed by atoms with van der Waals surface area (Å²) in [5.41, 5.74) is 0.951. The summed E-state index contributed by atoms with van der Waals surface area (Å²) >= 11 is 0. The van der Waals surface area contributed by atoms with E-state index in [9.17, 15) is 19.5 Å². The van der Waals surface area contributed by atoms with Crippen molar-refractivity contribution in [2.75, 3.05) is 18.0 Å². The number of para-hydroxylation sites is 1. The van der Waals surface area contributed by atoms with Gasteiger partial charge in [0.25, 0.3) is 5.56 Å². The SMILES string of the molecule is CC#CCn1c(N2CCCC(NC(=O)O)C2)nc2c1c(=O)n(Cc1nc(C)c3ccccc3n1)c(=O)n2C. The van der Waals surface area contributed by atoms with Crippen LogP contribution in [0.15, 0.2) is 33.9 Å². The number of carbonyl (C=O) groups is 1. The van der Waals surface area contributed by atoms with E-state index in [1.165, 1.54) is 4.57 Å².